The zero-order valence-electron chi connectivity index (χ0n) is 14.7. The number of benzene rings is 2. The third kappa shape index (κ3) is 6.61. The highest BCUT2D eigenvalue weighted by Crippen LogP contribution is 2.16. The third-order valence-electron chi connectivity index (χ3n) is 3.67. The van der Waals surface area contributed by atoms with Crippen molar-refractivity contribution in [3.63, 3.8) is 0 Å². The fraction of sp³-hybridized carbons (Fsp3) is 0.278. The molecular weight excluding hydrogens is 373 g/mol. The first-order valence-electron chi connectivity index (χ1n) is 8.12. The SMILES string of the molecule is CCc1ccc(CNC(=S)NCc2ccc(NS(C)(=O)=O)c(F)c2)cc1. The second-order valence-electron chi connectivity index (χ2n) is 5.89. The second-order valence-corrected chi connectivity index (χ2v) is 8.05. The lowest BCUT2D eigenvalue weighted by molar-refractivity contribution is 0.603. The summed E-state index contributed by atoms with van der Waals surface area (Å²) < 4.78 is 38.4. The molecule has 0 fully saturated rings. The lowest BCUT2D eigenvalue weighted by Gasteiger charge is -2.12. The van der Waals surface area contributed by atoms with Crippen molar-refractivity contribution in [1.29, 1.82) is 0 Å². The van der Waals surface area contributed by atoms with Crippen LogP contribution in [0.3, 0.4) is 0 Å². The number of hydrogen-bond acceptors (Lipinski definition) is 3. The van der Waals surface area contributed by atoms with Gasteiger partial charge in [0.25, 0.3) is 0 Å². The van der Waals surface area contributed by atoms with Gasteiger partial charge in [-0.1, -0.05) is 37.3 Å². The molecule has 0 aliphatic rings. The molecule has 0 aliphatic heterocycles. The number of halogens is 1. The van der Waals surface area contributed by atoms with Gasteiger partial charge in [-0.3, -0.25) is 4.72 Å². The van der Waals surface area contributed by atoms with E-state index in [2.05, 4.69) is 46.5 Å². The quantitative estimate of drug-likeness (QED) is 0.629. The van der Waals surface area contributed by atoms with Crippen LogP contribution in [0.5, 0.6) is 0 Å². The van der Waals surface area contributed by atoms with Gasteiger partial charge >= 0.3 is 0 Å². The third-order valence-corrected chi connectivity index (χ3v) is 4.55. The van der Waals surface area contributed by atoms with Gasteiger partial charge < -0.3 is 10.6 Å². The van der Waals surface area contributed by atoms with E-state index in [1.807, 2.05) is 0 Å². The highest BCUT2D eigenvalue weighted by Gasteiger charge is 2.08. The molecule has 5 nitrogen and oxygen atoms in total. The van der Waals surface area contributed by atoms with Crippen LogP contribution in [0.25, 0.3) is 0 Å². The summed E-state index contributed by atoms with van der Waals surface area (Å²) in [5.74, 6) is -0.635. The summed E-state index contributed by atoms with van der Waals surface area (Å²) in [6.07, 6.45) is 1.98. The molecule has 26 heavy (non-hydrogen) atoms. The molecule has 0 amide bonds. The molecule has 3 N–H and O–H groups in total. The summed E-state index contributed by atoms with van der Waals surface area (Å²) in [6.45, 7) is 3.04. The minimum absolute atomic E-state index is 0.0764. The van der Waals surface area contributed by atoms with Gasteiger partial charge in [0, 0.05) is 13.1 Å². The van der Waals surface area contributed by atoms with Gasteiger partial charge in [0.15, 0.2) is 5.11 Å². The van der Waals surface area contributed by atoms with Crippen LogP contribution in [0.4, 0.5) is 10.1 Å². The average molecular weight is 396 g/mol. The Morgan fingerprint density at radius 1 is 1.00 bits per heavy atom. The minimum atomic E-state index is -3.51. The van der Waals surface area contributed by atoms with Crippen LogP contribution >= 0.6 is 12.2 Å². The molecule has 0 unspecified atom stereocenters. The topological polar surface area (TPSA) is 70.2 Å². The Morgan fingerprint density at radius 3 is 2.08 bits per heavy atom. The largest absolute Gasteiger partial charge is 0.359 e. The molecule has 0 spiro atoms. The molecule has 8 heteroatoms. The van der Waals surface area contributed by atoms with E-state index < -0.39 is 15.8 Å². The number of anilines is 1. The number of rotatable bonds is 7. The molecule has 2 aromatic carbocycles. The van der Waals surface area contributed by atoms with Crippen LogP contribution in [0.15, 0.2) is 42.5 Å². The average Bonchev–Trinajstić information content (AvgIpc) is 2.59. The second kappa shape index (κ2) is 8.95. The van der Waals surface area contributed by atoms with Crippen molar-refractivity contribution in [3.8, 4) is 0 Å². The maximum atomic E-state index is 13.9. The highest BCUT2D eigenvalue weighted by molar-refractivity contribution is 7.92. The van der Waals surface area contributed by atoms with Crippen molar-refractivity contribution < 1.29 is 12.8 Å². The van der Waals surface area contributed by atoms with Crippen molar-refractivity contribution in [3.05, 3.63) is 65.0 Å². The first-order chi connectivity index (χ1) is 12.3. The lowest BCUT2D eigenvalue weighted by Crippen LogP contribution is -2.34. The van der Waals surface area contributed by atoms with E-state index in [1.54, 1.807) is 6.07 Å². The van der Waals surface area contributed by atoms with Crippen LogP contribution in [-0.2, 0) is 29.5 Å². The Morgan fingerprint density at radius 2 is 1.54 bits per heavy atom. The van der Waals surface area contributed by atoms with E-state index in [9.17, 15) is 12.8 Å². The predicted octanol–water partition coefficient (Wildman–Crippen LogP) is 2.92. The van der Waals surface area contributed by atoms with Crippen molar-refractivity contribution in [1.82, 2.24) is 10.6 Å². The van der Waals surface area contributed by atoms with Gasteiger partial charge in [-0.25, -0.2) is 12.8 Å². The van der Waals surface area contributed by atoms with Gasteiger partial charge in [0.2, 0.25) is 10.0 Å². The summed E-state index contributed by atoms with van der Waals surface area (Å²) in [5.41, 5.74) is 2.98. The summed E-state index contributed by atoms with van der Waals surface area (Å²) in [4.78, 5) is 0. The van der Waals surface area contributed by atoms with Crippen molar-refractivity contribution >= 4 is 33.0 Å². The number of sulfonamides is 1. The van der Waals surface area contributed by atoms with Crippen molar-refractivity contribution in [2.75, 3.05) is 11.0 Å². The molecule has 0 atom stereocenters. The zero-order chi connectivity index (χ0) is 19.2. The van der Waals surface area contributed by atoms with Crippen LogP contribution < -0.4 is 15.4 Å². The smallest absolute Gasteiger partial charge is 0.229 e. The van der Waals surface area contributed by atoms with Crippen LogP contribution in [-0.4, -0.2) is 19.8 Å². The molecule has 0 bridgehead atoms. The molecular formula is C18H22FN3O2S2. The summed E-state index contributed by atoms with van der Waals surface area (Å²) in [5, 5.41) is 6.56. The first kappa shape index (κ1) is 20.1. The molecule has 0 saturated heterocycles. The van der Waals surface area contributed by atoms with E-state index in [-0.39, 0.29) is 5.69 Å². The van der Waals surface area contributed by atoms with E-state index in [0.29, 0.717) is 23.8 Å². The molecule has 140 valence electrons. The maximum Gasteiger partial charge on any atom is 0.229 e. The Labute approximate surface area is 159 Å². The number of hydrogen-bond donors (Lipinski definition) is 3. The van der Waals surface area contributed by atoms with Gasteiger partial charge in [0.05, 0.1) is 11.9 Å². The molecule has 2 aromatic rings. The molecule has 0 aliphatic carbocycles. The fourth-order valence-electron chi connectivity index (χ4n) is 2.27. The Hall–Kier alpha value is -2.19. The summed E-state index contributed by atoms with van der Waals surface area (Å²) >= 11 is 5.22. The maximum absolute atomic E-state index is 13.9. The van der Waals surface area contributed by atoms with E-state index >= 15 is 0 Å². The van der Waals surface area contributed by atoms with Crippen molar-refractivity contribution in [2.45, 2.75) is 26.4 Å². The van der Waals surface area contributed by atoms with E-state index in [4.69, 9.17) is 12.2 Å². The summed E-state index contributed by atoms with van der Waals surface area (Å²) in [7, 11) is -3.51. The van der Waals surface area contributed by atoms with Crippen LogP contribution in [0, 0.1) is 5.82 Å². The minimum Gasteiger partial charge on any atom is -0.359 e. The standard InChI is InChI=1S/C18H22FN3O2S2/c1-3-13-4-6-14(7-5-13)11-20-18(25)21-12-15-8-9-17(16(19)10-15)22-26(2,23)24/h4-10,22H,3,11-12H2,1-2H3,(H2,20,21,25). The van der Waals surface area contributed by atoms with Gasteiger partial charge in [-0.05, 0) is 47.5 Å². The first-order valence-corrected chi connectivity index (χ1v) is 10.4. The number of thiocarbonyl (C=S) groups is 1. The predicted molar refractivity (Wildman–Crippen MR) is 107 cm³/mol. The van der Waals surface area contributed by atoms with Gasteiger partial charge in [-0.2, -0.15) is 0 Å². The summed E-state index contributed by atoms with van der Waals surface area (Å²) in [6, 6.07) is 12.6. The van der Waals surface area contributed by atoms with E-state index in [1.165, 1.54) is 17.7 Å². The Kier molecular flexibility index (Phi) is 6.93. The fourth-order valence-corrected chi connectivity index (χ4v) is 2.98. The number of nitrogens with one attached hydrogen (secondary N) is 3. The van der Waals surface area contributed by atoms with Crippen molar-refractivity contribution in [2.24, 2.45) is 0 Å². The van der Waals surface area contributed by atoms with Gasteiger partial charge in [-0.15, -0.1) is 0 Å². The van der Waals surface area contributed by atoms with E-state index in [0.717, 1.165) is 18.2 Å². The normalized spacial score (nSPS) is 11.0. The molecule has 0 radical (unpaired) electrons. The number of aryl methyl sites for hydroxylation is 1. The van der Waals surface area contributed by atoms with Crippen LogP contribution in [0.2, 0.25) is 0 Å². The zero-order valence-corrected chi connectivity index (χ0v) is 16.3. The molecule has 2 rings (SSSR count). The Balaban J connectivity index is 1.83. The lowest BCUT2D eigenvalue weighted by atomic mass is 10.1. The molecule has 0 heterocycles. The Bertz CT molecular complexity index is 869. The highest BCUT2D eigenvalue weighted by atomic mass is 32.2. The molecule has 0 aromatic heterocycles. The van der Waals surface area contributed by atoms with Gasteiger partial charge in [0.1, 0.15) is 5.82 Å². The monoisotopic (exact) mass is 395 g/mol. The van der Waals surface area contributed by atoms with Crippen LogP contribution in [0.1, 0.15) is 23.6 Å². The molecule has 0 saturated carbocycles.